The Labute approximate surface area is 386 Å². The second kappa shape index (κ2) is 22.0. The minimum absolute atomic E-state index is 0.0150. The molecule has 4 aromatic rings. The molecule has 66 heavy (non-hydrogen) atoms. The van der Waals surface area contributed by atoms with E-state index in [4.69, 9.17) is 33.7 Å². The Balaban J connectivity index is 1.38. The predicted molar refractivity (Wildman–Crippen MR) is 249 cm³/mol. The van der Waals surface area contributed by atoms with Crippen LogP contribution < -0.4 is 24.3 Å². The van der Waals surface area contributed by atoms with Crippen LogP contribution in [0.25, 0.3) is 0 Å². The van der Waals surface area contributed by atoms with Crippen LogP contribution in [0.2, 0.25) is 0 Å². The van der Waals surface area contributed by atoms with Crippen LogP contribution in [0.5, 0.6) is 23.0 Å². The van der Waals surface area contributed by atoms with E-state index in [0.717, 1.165) is 42.4 Å². The Hall–Kier alpha value is -6.66. The quantitative estimate of drug-likeness (QED) is 0.0438. The summed E-state index contributed by atoms with van der Waals surface area (Å²) < 4.78 is 31.1. The molecule has 1 fully saturated rings. The smallest absolute Gasteiger partial charge is 0.417 e. The molecule has 0 spiro atoms. The van der Waals surface area contributed by atoms with Crippen molar-refractivity contribution in [3.63, 3.8) is 0 Å². The molecule has 1 aliphatic heterocycles. The molecule has 0 saturated heterocycles. The number of carbonyl (C=O) groups excluding carboxylic acids is 2. The van der Waals surface area contributed by atoms with Crippen LogP contribution in [0.1, 0.15) is 77.9 Å². The maximum Gasteiger partial charge on any atom is 0.417 e. The number of allylic oxidation sites excluding steroid dienone is 1. The molecular formula is C52H58N4O10. The van der Waals surface area contributed by atoms with Crippen molar-refractivity contribution in [2.75, 3.05) is 46.4 Å². The number of amides is 2. The number of nitriles is 1. The summed E-state index contributed by atoms with van der Waals surface area (Å²) in [7, 11) is 4.76. The Kier molecular flexibility index (Phi) is 15.8. The highest BCUT2D eigenvalue weighted by atomic mass is 16.7. The highest BCUT2D eigenvalue weighted by Gasteiger charge is 2.65. The van der Waals surface area contributed by atoms with Crippen molar-refractivity contribution < 1.29 is 48.3 Å². The number of nitrogens with zero attached hydrogens (tertiary/aromatic N) is 3. The summed E-state index contributed by atoms with van der Waals surface area (Å²) >= 11 is 0. The van der Waals surface area contributed by atoms with Crippen molar-refractivity contribution in [1.82, 2.24) is 4.90 Å². The van der Waals surface area contributed by atoms with E-state index in [1.54, 1.807) is 79.7 Å². The Morgan fingerprint density at radius 2 is 1.70 bits per heavy atom. The molecule has 6 atom stereocenters. The van der Waals surface area contributed by atoms with Gasteiger partial charge in [0.15, 0.2) is 0 Å². The second-order valence-electron chi connectivity index (χ2n) is 16.7. The maximum atomic E-state index is 14.6. The summed E-state index contributed by atoms with van der Waals surface area (Å²) in [6.07, 6.45) is 7.57. The minimum Gasteiger partial charge on any atom is -0.497 e. The van der Waals surface area contributed by atoms with E-state index in [2.05, 4.69) is 24.0 Å². The lowest BCUT2D eigenvalue weighted by Crippen LogP contribution is -2.69. The van der Waals surface area contributed by atoms with Crippen LogP contribution >= 0.6 is 0 Å². The first-order valence-electron chi connectivity index (χ1n) is 22.4. The van der Waals surface area contributed by atoms with Gasteiger partial charge in [0.2, 0.25) is 5.79 Å². The van der Waals surface area contributed by atoms with Crippen molar-refractivity contribution in [1.29, 1.82) is 5.26 Å². The van der Waals surface area contributed by atoms with Gasteiger partial charge in [0, 0.05) is 49.8 Å². The van der Waals surface area contributed by atoms with E-state index in [1.165, 1.54) is 7.11 Å². The number of aliphatic hydroxyl groups is 2. The van der Waals surface area contributed by atoms with Crippen LogP contribution in [0.15, 0.2) is 120 Å². The third kappa shape index (κ3) is 10.2. The van der Waals surface area contributed by atoms with Crippen molar-refractivity contribution in [3.05, 3.63) is 138 Å². The first-order chi connectivity index (χ1) is 32.2. The van der Waals surface area contributed by atoms with Gasteiger partial charge in [-0.05, 0) is 103 Å². The number of aliphatic hydroxyl groups excluding tert-OH is 2. The zero-order valence-electron chi connectivity index (χ0n) is 37.7. The molecule has 0 radical (unpaired) electrons. The molecule has 7 rings (SSSR count). The van der Waals surface area contributed by atoms with Crippen LogP contribution in [0, 0.1) is 29.1 Å². The van der Waals surface area contributed by atoms with E-state index in [9.17, 15) is 25.1 Å². The van der Waals surface area contributed by atoms with Crippen LogP contribution in [-0.2, 0) is 16.2 Å². The summed E-state index contributed by atoms with van der Waals surface area (Å²) in [4.78, 5) is 36.0. The molecule has 3 N–H and O–H groups in total. The SMILES string of the molecule is C=CCO[C@@]12Oc3ccc(OC(=O)Nc4ccc(OC)cc4OC)cc3[C@H]3[C@H](CCCCO)[C@@H](CCCCO)C=C(C(=NOCc4ccccc4)C[C@@H]1N(C)C(=O)c1ccc(C#N)cc1)[C@H]32. The number of hydrogen-bond acceptors (Lipinski definition) is 12. The van der Waals surface area contributed by atoms with Gasteiger partial charge in [-0.1, -0.05) is 60.5 Å². The number of anilines is 1. The van der Waals surface area contributed by atoms with E-state index >= 15 is 0 Å². The number of benzene rings is 4. The normalized spacial score (nSPS) is 22.0. The minimum atomic E-state index is -1.50. The summed E-state index contributed by atoms with van der Waals surface area (Å²) in [5, 5.41) is 37.1. The van der Waals surface area contributed by atoms with Gasteiger partial charge in [-0.25, -0.2) is 4.79 Å². The van der Waals surface area contributed by atoms with E-state index < -0.39 is 23.8 Å². The number of rotatable bonds is 20. The van der Waals surface area contributed by atoms with E-state index in [1.807, 2.05) is 36.4 Å². The van der Waals surface area contributed by atoms with Gasteiger partial charge in [-0.15, -0.1) is 6.58 Å². The number of carbonyl (C=O) groups is 2. The molecule has 1 heterocycles. The monoisotopic (exact) mass is 898 g/mol. The summed E-state index contributed by atoms with van der Waals surface area (Å²) in [6, 6.07) is 27.9. The summed E-state index contributed by atoms with van der Waals surface area (Å²) in [5.74, 6) is -1.11. The number of unbranched alkanes of at least 4 members (excludes halogenated alkanes) is 2. The average molecular weight is 899 g/mol. The highest BCUT2D eigenvalue weighted by Crippen LogP contribution is 2.62. The van der Waals surface area contributed by atoms with Crippen molar-refractivity contribution in [3.8, 4) is 29.1 Å². The van der Waals surface area contributed by atoms with Gasteiger partial charge in [0.25, 0.3) is 5.91 Å². The van der Waals surface area contributed by atoms with Crippen molar-refractivity contribution in [2.24, 2.45) is 22.9 Å². The third-order valence-corrected chi connectivity index (χ3v) is 12.8. The largest absolute Gasteiger partial charge is 0.497 e. The van der Waals surface area contributed by atoms with Gasteiger partial charge in [0.1, 0.15) is 35.6 Å². The number of oxime groups is 1. The fourth-order valence-corrected chi connectivity index (χ4v) is 9.73. The number of hydrogen-bond donors (Lipinski definition) is 3. The Bertz CT molecular complexity index is 2430. The lowest BCUT2D eigenvalue weighted by molar-refractivity contribution is -0.252. The second-order valence-corrected chi connectivity index (χ2v) is 16.7. The Morgan fingerprint density at radius 3 is 2.39 bits per heavy atom. The van der Waals surface area contributed by atoms with E-state index in [-0.39, 0.29) is 62.3 Å². The lowest BCUT2D eigenvalue weighted by Gasteiger charge is -2.59. The summed E-state index contributed by atoms with van der Waals surface area (Å²) in [6.45, 7) is 4.39. The first kappa shape index (κ1) is 47.3. The number of nitrogens with one attached hydrogen (secondary N) is 1. The summed E-state index contributed by atoms with van der Waals surface area (Å²) in [5.41, 5.74) is 4.41. The van der Waals surface area contributed by atoms with Gasteiger partial charge < -0.3 is 43.6 Å². The van der Waals surface area contributed by atoms with Crippen molar-refractivity contribution >= 4 is 23.4 Å². The fourth-order valence-electron chi connectivity index (χ4n) is 9.73. The number of ether oxygens (including phenoxy) is 5. The fraction of sp³-hybridized carbons (Fsp3) is 0.385. The van der Waals surface area contributed by atoms with Gasteiger partial charge in [-0.2, -0.15) is 5.26 Å². The zero-order valence-corrected chi connectivity index (χ0v) is 37.7. The molecule has 2 amide bonds. The Morgan fingerprint density at radius 1 is 0.955 bits per heavy atom. The van der Waals surface area contributed by atoms with Gasteiger partial charge in [-0.3, -0.25) is 10.1 Å². The van der Waals surface area contributed by atoms with Crippen LogP contribution in [-0.4, -0.2) is 85.7 Å². The number of fused-ring (bicyclic) bond motifs is 2. The first-order valence-corrected chi connectivity index (χ1v) is 22.4. The predicted octanol–water partition coefficient (Wildman–Crippen LogP) is 8.79. The molecule has 0 bridgehead atoms. The standard InChI is InChI=1S/C52H58N4O10/c1-5-27-63-52-47(56(2)50(59)36-19-17-34(32-53)18-20-36)31-44(55-64-33-35-13-7-6-8-14-35)41-28-37(15-9-11-25-57)40(16-10-12-26-58)48(49(41)52)42-29-39(22-24-45(42)66-52)65-51(60)54-43-23-21-38(61-3)30-46(43)62-4/h5-8,13-14,17-24,28-30,37,40,47-49,57-58H,1,9-12,15-16,25-27,31,33H2,2-4H3,(H,54,60)/t37-,40+,47-,48+,49+,52+/m0/s1. The lowest BCUT2D eigenvalue weighted by atomic mass is 9.55. The number of methoxy groups -OCH3 is 2. The molecule has 346 valence electrons. The zero-order chi connectivity index (χ0) is 46.6. The molecule has 0 aromatic heterocycles. The molecule has 4 aromatic carbocycles. The molecule has 2 aliphatic carbocycles. The molecular weight excluding hydrogens is 841 g/mol. The van der Waals surface area contributed by atoms with Crippen LogP contribution in [0.3, 0.4) is 0 Å². The average Bonchev–Trinajstić information content (AvgIpc) is 3.34. The maximum absolute atomic E-state index is 14.6. The van der Waals surface area contributed by atoms with E-state index in [0.29, 0.717) is 52.6 Å². The highest BCUT2D eigenvalue weighted by molar-refractivity contribution is 6.03. The molecule has 14 heteroatoms. The van der Waals surface area contributed by atoms with Crippen molar-refractivity contribution in [2.45, 2.75) is 69.3 Å². The molecule has 14 nitrogen and oxygen atoms in total. The third-order valence-electron chi connectivity index (χ3n) is 12.8. The number of likely N-dealkylation sites (N-methyl/N-ethyl adjacent to an activating group) is 1. The molecule has 1 saturated carbocycles. The molecule has 0 unspecified atom stereocenters. The van der Waals surface area contributed by atoms with Gasteiger partial charge >= 0.3 is 6.09 Å². The topological polar surface area (TPSA) is 181 Å². The van der Waals surface area contributed by atoms with Crippen LogP contribution in [0.4, 0.5) is 10.5 Å². The van der Waals surface area contributed by atoms with Gasteiger partial charge in [0.05, 0.1) is 49.8 Å². The molecule has 3 aliphatic rings.